The van der Waals surface area contributed by atoms with E-state index in [2.05, 4.69) is 38.8 Å². The van der Waals surface area contributed by atoms with E-state index in [1.54, 1.807) is 13.0 Å². The molecule has 6 rings (SSSR count). The maximum absolute atomic E-state index is 13.3. The van der Waals surface area contributed by atoms with Gasteiger partial charge in [0.25, 0.3) is 5.91 Å². The van der Waals surface area contributed by atoms with E-state index >= 15 is 0 Å². The highest BCUT2D eigenvalue weighted by Crippen LogP contribution is 2.45. The van der Waals surface area contributed by atoms with Gasteiger partial charge in [0.2, 0.25) is 10.0 Å². The lowest BCUT2D eigenvalue weighted by atomic mass is 9.70. The lowest BCUT2D eigenvalue weighted by Crippen LogP contribution is -2.55. The molecule has 40 heavy (non-hydrogen) atoms. The summed E-state index contributed by atoms with van der Waals surface area (Å²) in [6, 6.07) is 11.9. The number of sulfonamides is 1. The first-order chi connectivity index (χ1) is 19.1. The molecule has 2 aromatic rings. The third-order valence-electron chi connectivity index (χ3n) is 9.54. The van der Waals surface area contributed by atoms with E-state index in [9.17, 15) is 13.2 Å². The van der Waals surface area contributed by atoms with Crippen molar-refractivity contribution >= 4 is 33.2 Å². The minimum atomic E-state index is -3.84. The minimum absolute atomic E-state index is 0.123. The van der Waals surface area contributed by atoms with Crippen LogP contribution in [0.15, 0.2) is 48.6 Å². The Hall–Kier alpha value is -2.55. The van der Waals surface area contributed by atoms with Crippen LogP contribution >= 0.6 is 11.6 Å². The van der Waals surface area contributed by atoms with E-state index in [0.29, 0.717) is 24.6 Å². The number of carbonyl (C=O) groups is 1. The molecule has 4 atom stereocenters. The van der Waals surface area contributed by atoms with Crippen molar-refractivity contribution in [2.45, 2.75) is 62.7 Å². The van der Waals surface area contributed by atoms with Gasteiger partial charge in [-0.2, -0.15) is 0 Å². The summed E-state index contributed by atoms with van der Waals surface area (Å²) in [5.74, 6) is -0.000381. The number of carbonyl (C=O) groups excluding carboxylic acids is 1. The summed E-state index contributed by atoms with van der Waals surface area (Å²) in [6.07, 6.45) is 9.07. The molecular formula is C31H38ClN3O4S. The Morgan fingerprint density at radius 3 is 2.77 bits per heavy atom. The second kappa shape index (κ2) is 10.7. The molecule has 4 aliphatic rings. The zero-order chi connectivity index (χ0) is 28.1. The molecule has 2 aromatic carbocycles. The van der Waals surface area contributed by atoms with Gasteiger partial charge in [0.1, 0.15) is 5.75 Å². The predicted molar refractivity (Wildman–Crippen MR) is 159 cm³/mol. The van der Waals surface area contributed by atoms with Crippen molar-refractivity contribution in [2.75, 3.05) is 37.7 Å². The average Bonchev–Trinajstić information content (AvgIpc) is 3.06. The molecule has 214 valence electrons. The van der Waals surface area contributed by atoms with Crippen LogP contribution < -0.4 is 14.4 Å². The van der Waals surface area contributed by atoms with Crippen LogP contribution in [0.5, 0.6) is 5.75 Å². The Kier molecular flexibility index (Phi) is 7.38. The number of nitrogens with zero attached hydrogens (tertiary/aromatic N) is 2. The van der Waals surface area contributed by atoms with E-state index < -0.39 is 21.2 Å². The number of allylic oxidation sites excluding steroid dienone is 1. The second-order valence-electron chi connectivity index (χ2n) is 12.1. The molecule has 0 radical (unpaired) electrons. The average molecular weight is 584 g/mol. The lowest BCUT2D eigenvalue weighted by Gasteiger charge is -2.46. The molecule has 1 saturated heterocycles. The van der Waals surface area contributed by atoms with Crippen LogP contribution in [0, 0.1) is 5.92 Å². The van der Waals surface area contributed by atoms with Gasteiger partial charge < -0.3 is 9.64 Å². The standard InChI is InChI=1S/C31H38ClN3O4S/c1-21-6-3-4-14-34-15-12-26(34)18-35-19-31(13-5-7-23-16-25(32)9-10-27(23)31)20-39-29-11-8-24(17-28(29)35)30(36)33-40(37,38)22(21)2/h3-4,8-11,16-17,21-22,26H,5-7,12-15,18-20H2,1-2H3,(H,33,36)/b4-3+/t21-,22+,26-,31-/m0/s1. The van der Waals surface area contributed by atoms with Crippen LogP contribution in [0.4, 0.5) is 5.69 Å². The Labute approximate surface area is 242 Å². The predicted octanol–water partition coefficient (Wildman–Crippen LogP) is 4.93. The highest BCUT2D eigenvalue weighted by molar-refractivity contribution is 7.90. The number of rotatable bonds is 0. The van der Waals surface area contributed by atoms with Crippen LogP contribution in [0.3, 0.4) is 0 Å². The largest absolute Gasteiger partial charge is 0.490 e. The van der Waals surface area contributed by atoms with Crippen LogP contribution in [0.1, 0.15) is 61.0 Å². The van der Waals surface area contributed by atoms with Crippen LogP contribution in [-0.4, -0.2) is 63.3 Å². The fraction of sp³-hybridized carbons (Fsp3) is 0.516. The number of amides is 1. The molecule has 1 spiro atoms. The van der Waals surface area contributed by atoms with E-state index in [-0.39, 0.29) is 11.3 Å². The number of halogens is 1. The molecule has 9 heteroatoms. The molecule has 3 heterocycles. The number of hydrogen-bond donors (Lipinski definition) is 1. The maximum atomic E-state index is 13.3. The number of ether oxygens (including phenoxy) is 1. The summed E-state index contributed by atoms with van der Waals surface area (Å²) in [7, 11) is -3.84. The fourth-order valence-corrected chi connectivity index (χ4v) is 8.23. The smallest absolute Gasteiger partial charge is 0.264 e. The normalized spacial score (nSPS) is 31.1. The molecule has 1 aliphatic carbocycles. The van der Waals surface area contributed by atoms with Crippen LogP contribution in [0.25, 0.3) is 0 Å². The van der Waals surface area contributed by atoms with Crippen LogP contribution in [-0.2, 0) is 21.9 Å². The van der Waals surface area contributed by atoms with Crippen molar-refractivity contribution in [1.29, 1.82) is 0 Å². The second-order valence-corrected chi connectivity index (χ2v) is 14.6. The molecule has 1 fully saturated rings. The van der Waals surface area contributed by atoms with Gasteiger partial charge in [-0.05, 0) is 86.4 Å². The molecule has 2 bridgehead atoms. The number of benzene rings is 2. The van der Waals surface area contributed by atoms with Crippen molar-refractivity contribution in [3.05, 3.63) is 70.3 Å². The summed E-state index contributed by atoms with van der Waals surface area (Å²) >= 11 is 6.38. The van der Waals surface area contributed by atoms with Crippen molar-refractivity contribution < 1.29 is 17.9 Å². The van der Waals surface area contributed by atoms with E-state index in [4.69, 9.17) is 16.3 Å². The molecular weight excluding hydrogens is 546 g/mol. The first kappa shape index (κ1) is 27.6. The Morgan fingerprint density at radius 1 is 1.12 bits per heavy atom. The van der Waals surface area contributed by atoms with Crippen LogP contribution in [0.2, 0.25) is 5.02 Å². The van der Waals surface area contributed by atoms with Crippen molar-refractivity contribution in [1.82, 2.24) is 9.62 Å². The highest BCUT2D eigenvalue weighted by atomic mass is 35.5. The van der Waals surface area contributed by atoms with Crippen molar-refractivity contribution in [2.24, 2.45) is 5.92 Å². The molecule has 1 N–H and O–H groups in total. The minimum Gasteiger partial charge on any atom is -0.490 e. The Bertz CT molecular complexity index is 1440. The zero-order valence-electron chi connectivity index (χ0n) is 23.2. The van der Waals surface area contributed by atoms with Gasteiger partial charge in [-0.25, -0.2) is 13.1 Å². The Balaban J connectivity index is 1.41. The van der Waals surface area contributed by atoms with Gasteiger partial charge in [-0.1, -0.05) is 36.7 Å². The summed E-state index contributed by atoms with van der Waals surface area (Å²) < 4.78 is 35.1. The molecule has 1 amide bonds. The van der Waals surface area contributed by atoms with E-state index in [1.165, 1.54) is 11.1 Å². The molecule has 0 unspecified atom stereocenters. The number of anilines is 1. The fourth-order valence-electron chi connectivity index (χ4n) is 6.75. The summed E-state index contributed by atoms with van der Waals surface area (Å²) in [5, 5.41) is 0.0530. The number of aryl methyl sites for hydroxylation is 1. The SMILES string of the molecule is C[C@@H]1[C@@H](C)C/C=C/CN2CC[C@H]2CN2C[C@@]3(CCCc4cc(Cl)ccc43)COc3ccc(cc32)C(=O)NS1(=O)=O. The van der Waals surface area contributed by atoms with Gasteiger partial charge in [0, 0.05) is 48.2 Å². The number of nitrogens with one attached hydrogen (secondary N) is 1. The van der Waals surface area contributed by atoms with Gasteiger partial charge in [0.15, 0.2) is 0 Å². The van der Waals surface area contributed by atoms with Gasteiger partial charge in [-0.3, -0.25) is 9.69 Å². The molecule has 7 nitrogen and oxygen atoms in total. The molecule has 0 saturated carbocycles. The monoisotopic (exact) mass is 583 g/mol. The summed E-state index contributed by atoms with van der Waals surface area (Å²) in [6.45, 7) is 7.58. The first-order valence-corrected chi connectivity index (χ1v) is 16.3. The van der Waals surface area contributed by atoms with Gasteiger partial charge in [-0.15, -0.1) is 0 Å². The third kappa shape index (κ3) is 5.14. The van der Waals surface area contributed by atoms with E-state index in [0.717, 1.165) is 68.3 Å². The summed E-state index contributed by atoms with van der Waals surface area (Å²) in [5.41, 5.74) is 3.54. The van der Waals surface area contributed by atoms with Crippen molar-refractivity contribution in [3.8, 4) is 5.75 Å². The summed E-state index contributed by atoms with van der Waals surface area (Å²) in [4.78, 5) is 18.1. The van der Waals surface area contributed by atoms with E-state index in [1.807, 2.05) is 25.1 Å². The van der Waals surface area contributed by atoms with Gasteiger partial charge >= 0.3 is 0 Å². The lowest BCUT2D eigenvalue weighted by molar-refractivity contribution is 0.0981. The molecule has 3 aliphatic heterocycles. The first-order valence-electron chi connectivity index (χ1n) is 14.4. The topological polar surface area (TPSA) is 79.0 Å². The van der Waals surface area contributed by atoms with Gasteiger partial charge in [0.05, 0.1) is 17.5 Å². The third-order valence-corrected chi connectivity index (χ3v) is 11.7. The quantitative estimate of drug-likeness (QED) is 0.443. The zero-order valence-corrected chi connectivity index (χ0v) is 24.8. The molecule has 0 aromatic heterocycles. The Morgan fingerprint density at radius 2 is 1.98 bits per heavy atom. The number of hydrogen-bond acceptors (Lipinski definition) is 6. The number of fused-ring (bicyclic) bond motifs is 4. The highest BCUT2D eigenvalue weighted by Gasteiger charge is 2.43. The maximum Gasteiger partial charge on any atom is 0.264 e. The van der Waals surface area contributed by atoms with Crippen molar-refractivity contribution in [3.63, 3.8) is 0 Å².